The summed E-state index contributed by atoms with van der Waals surface area (Å²) in [5, 5.41) is 0. The average molecular weight is 252 g/mol. The fourth-order valence-electron chi connectivity index (χ4n) is 2.43. The summed E-state index contributed by atoms with van der Waals surface area (Å²) in [5.41, 5.74) is 2.01. The zero-order valence-electron chi connectivity index (χ0n) is 9.47. The van der Waals surface area contributed by atoms with Crippen molar-refractivity contribution in [1.29, 1.82) is 0 Å². The minimum atomic E-state index is 0.352. The molecule has 1 fully saturated rings. The highest BCUT2D eigenvalue weighted by molar-refractivity contribution is 6.16. The van der Waals surface area contributed by atoms with Crippen LogP contribution in [-0.2, 0) is 10.6 Å². The zero-order valence-corrected chi connectivity index (χ0v) is 10.2. The molecule has 1 atom stereocenters. The van der Waals surface area contributed by atoms with Crippen molar-refractivity contribution in [2.75, 3.05) is 13.2 Å². The van der Waals surface area contributed by atoms with Gasteiger partial charge in [0.25, 0.3) is 0 Å². The first-order valence-corrected chi connectivity index (χ1v) is 6.38. The summed E-state index contributed by atoms with van der Waals surface area (Å²) in [6.07, 6.45) is 5.79. The first-order valence-electron chi connectivity index (χ1n) is 5.84. The summed E-state index contributed by atoms with van der Waals surface area (Å²) in [7, 11) is 0. The van der Waals surface area contributed by atoms with Crippen molar-refractivity contribution in [3.05, 3.63) is 24.3 Å². The van der Waals surface area contributed by atoms with E-state index in [1.54, 1.807) is 12.4 Å². The van der Waals surface area contributed by atoms with E-state index in [1.807, 2.05) is 6.07 Å². The molecule has 1 aliphatic rings. The highest BCUT2D eigenvalue weighted by Gasteiger charge is 2.21. The number of pyridine rings is 1. The van der Waals surface area contributed by atoms with Crippen LogP contribution in [0.15, 0.2) is 18.5 Å². The molecule has 0 radical (unpaired) electrons. The molecule has 1 saturated heterocycles. The Bertz CT molecular complexity index is 519. The van der Waals surface area contributed by atoms with Gasteiger partial charge in [-0.3, -0.25) is 4.98 Å². The minimum Gasteiger partial charge on any atom is -0.379 e. The number of aromatic nitrogens is 3. The van der Waals surface area contributed by atoms with Gasteiger partial charge in [0.15, 0.2) is 0 Å². The van der Waals surface area contributed by atoms with E-state index in [-0.39, 0.29) is 0 Å². The van der Waals surface area contributed by atoms with Gasteiger partial charge in [0, 0.05) is 12.8 Å². The lowest BCUT2D eigenvalue weighted by Gasteiger charge is -2.25. The van der Waals surface area contributed by atoms with Crippen LogP contribution in [0.25, 0.3) is 11.0 Å². The molecule has 0 bridgehead atoms. The van der Waals surface area contributed by atoms with Gasteiger partial charge in [0.2, 0.25) is 0 Å². The number of imidazole rings is 1. The highest BCUT2D eigenvalue weighted by Crippen LogP contribution is 2.27. The third-order valence-corrected chi connectivity index (χ3v) is 3.42. The van der Waals surface area contributed by atoms with E-state index in [9.17, 15) is 0 Å². The lowest BCUT2D eigenvalue weighted by atomic mass is 10.1. The number of alkyl halides is 1. The maximum Gasteiger partial charge on any atom is 0.125 e. The van der Waals surface area contributed by atoms with Gasteiger partial charge in [0.1, 0.15) is 11.3 Å². The summed E-state index contributed by atoms with van der Waals surface area (Å²) in [4.78, 5) is 8.62. The van der Waals surface area contributed by atoms with Crippen LogP contribution >= 0.6 is 11.6 Å². The number of ether oxygens (including phenoxy) is 1. The van der Waals surface area contributed by atoms with Crippen molar-refractivity contribution >= 4 is 22.6 Å². The lowest BCUT2D eigenvalue weighted by molar-refractivity contribution is 0.0597. The van der Waals surface area contributed by atoms with E-state index in [0.29, 0.717) is 11.9 Å². The Morgan fingerprint density at radius 1 is 1.53 bits per heavy atom. The molecule has 17 heavy (non-hydrogen) atoms. The molecule has 1 aliphatic heterocycles. The van der Waals surface area contributed by atoms with Gasteiger partial charge in [0.05, 0.1) is 30.2 Å². The molecule has 0 aromatic carbocycles. The van der Waals surface area contributed by atoms with Crippen LogP contribution in [0.4, 0.5) is 0 Å². The van der Waals surface area contributed by atoms with Crippen LogP contribution in [0, 0.1) is 0 Å². The third kappa shape index (κ3) is 1.91. The highest BCUT2D eigenvalue weighted by atomic mass is 35.5. The number of rotatable bonds is 2. The SMILES string of the molecule is ClCc1nc2cnccc2n1C1CCCOC1. The number of hydrogen-bond acceptors (Lipinski definition) is 3. The van der Waals surface area contributed by atoms with Crippen molar-refractivity contribution in [2.45, 2.75) is 24.8 Å². The molecule has 4 nitrogen and oxygen atoms in total. The fraction of sp³-hybridized carbons (Fsp3) is 0.500. The lowest BCUT2D eigenvalue weighted by Crippen LogP contribution is -2.22. The summed E-state index contributed by atoms with van der Waals surface area (Å²) >= 11 is 5.98. The van der Waals surface area contributed by atoms with Crippen LogP contribution in [-0.4, -0.2) is 27.7 Å². The smallest absolute Gasteiger partial charge is 0.125 e. The van der Waals surface area contributed by atoms with Crippen molar-refractivity contribution in [1.82, 2.24) is 14.5 Å². The minimum absolute atomic E-state index is 0.352. The van der Waals surface area contributed by atoms with Crippen molar-refractivity contribution in [3.8, 4) is 0 Å². The zero-order chi connectivity index (χ0) is 11.7. The Morgan fingerprint density at radius 2 is 2.47 bits per heavy atom. The standard InChI is InChI=1S/C12H14ClN3O/c13-6-12-15-10-7-14-4-3-11(10)16(12)9-2-1-5-17-8-9/h3-4,7,9H,1-2,5-6,8H2. The van der Waals surface area contributed by atoms with Crippen molar-refractivity contribution < 1.29 is 4.74 Å². The molecule has 5 heteroatoms. The molecule has 0 saturated carbocycles. The predicted octanol–water partition coefficient (Wildman–Crippen LogP) is 2.52. The first kappa shape index (κ1) is 11.0. The molecular formula is C12H14ClN3O. The number of nitrogens with zero attached hydrogens (tertiary/aromatic N) is 3. The Balaban J connectivity index is 2.11. The van der Waals surface area contributed by atoms with Crippen LogP contribution in [0.1, 0.15) is 24.7 Å². The van der Waals surface area contributed by atoms with Gasteiger partial charge < -0.3 is 9.30 Å². The summed E-state index contributed by atoms with van der Waals surface area (Å²) < 4.78 is 7.76. The average Bonchev–Trinajstić information content (AvgIpc) is 2.78. The van der Waals surface area contributed by atoms with Gasteiger partial charge in [-0.15, -0.1) is 11.6 Å². The maximum absolute atomic E-state index is 5.98. The van der Waals surface area contributed by atoms with Gasteiger partial charge in [-0.05, 0) is 18.9 Å². The molecule has 0 aliphatic carbocycles. The van der Waals surface area contributed by atoms with Crippen LogP contribution < -0.4 is 0 Å². The molecule has 90 valence electrons. The molecule has 2 aromatic rings. The van der Waals surface area contributed by atoms with Gasteiger partial charge in [-0.2, -0.15) is 0 Å². The number of halogens is 1. The largest absolute Gasteiger partial charge is 0.379 e. The quantitative estimate of drug-likeness (QED) is 0.770. The maximum atomic E-state index is 5.98. The van der Waals surface area contributed by atoms with Crippen LogP contribution in [0.5, 0.6) is 0 Å². The Morgan fingerprint density at radius 3 is 3.24 bits per heavy atom. The summed E-state index contributed by atoms with van der Waals surface area (Å²) in [6, 6.07) is 2.34. The number of fused-ring (bicyclic) bond motifs is 1. The van der Waals surface area contributed by atoms with Crippen molar-refractivity contribution in [3.63, 3.8) is 0 Å². The predicted molar refractivity (Wildman–Crippen MR) is 66.2 cm³/mol. The summed E-state index contributed by atoms with van der Waals surface area (Å²) in [6.45, 7) is 1.61. The van der Waals surface area contributed by atoms with Crippen LogP contribution in [0.3, 0.4) is 0 Å². The second kappa shape index (κ2) is 4.63. The molecule has 3 rings (SSSR count). The molecule has 1 unspecified atom stereocenters. The number of hydrogen-bond donors (Lipinski definition) is 0. The van der Waals surface area contributed by atoms with E-state index < -0.39 is 0 Å². The molecule has 2 aromatic heterocycles. The van der Waals surface area contributed by atoms with Crippen molar-refractivity contribution in [2.24, 2.45) is 0 Å². The topological polar surface area (TPSA) is 39.9 Å². The third-order valence-electron chi connectivity index (χ3n) is 3.19. The fourth-order valence-corrected chi connectivity index (χ4v) is 2.62. The van der Waals surface area contributed by atoms with Crippen LogP contribution in [0.2, 0.25) is 0 Å². The van der Waals surface area contributed by atoms with Gasteiger partial charge >= 0.3 is 0 Å². The monoisotopic (exact) mass is 251 g/mol. The Kier molecular flexibility index (Phi) is 2.99. The molecular weight excluding hydrogens is 238 g/mol. The van der Waals surface area contributed by atoms with E-state index >= 15 is 0 Å². The Hall–Kier alpha value is -1.13. The molecule has 3 heterocycles. The second-order valence-corrected chi connectivity index (χ2v) is 4.53. The first-order chi connectivity index (χ1) is 8.40. The molecule has 0 N–H and O–H groups in total. The molecule has 0 amide bonds. The van der Waals surface area contributed by atoms with E-state index in [2.05, 4.69) is 14.5 Å². The normalized spacial score (nSPS) is 20.9. The Labute approximate surface area is 105 Å². The second-order valence-electron chi connectivity index (χ2n) is 4.27. The van der Waals surface area contributed by atoms with E-state index in [0.717, 1.165) is 42.9 Å². The molecule has 0 spiro atoms. The van der Waals surface area contributed by atoms with E-state index in [1.165, 1.54) is 0 Å². The van der Waals surface area contributed by atoms with Gasteiger partial charge in [-0.1, -0.05) is 0 Å². The summed E-state index contributed by atoms with van der Waals surface area (Å²) in [5.74, 6) is 1.33. The van der Waals surface area contributed by atoms with E-state index in [4.69, 9.17) is 16.3 Å². The van der Waals surface area contributed by atoms with Gasteiger partial charge in [-0.25, -0.2) is 4.98 Å².